The van der Waals surface area contributed by atoms with Crippen molar-refractivity contribution >= 4 is 5.97 Å². The molecule has 0 saturated heterocycles. The second-order valence-electron chi connectivity index (χ2n) is 9.34. The molecule has 3 aromatic carbocycles. The zero-order valence-electron chi connectivity index (χ0n) is 18.2. The van der Waals surface area contributed by atoms with E-state index < -0.39 is 17.0 Å². The minimum atomic E-state index is -1.67. The fourth-order valence-corrected chi connectivity index (χ4v) is 4.26. The van der Waals surface area contributed by atoms with Crippen LogP contribution in [0, 0.1) is 0 Å². The molecule has 1 aliphatic rings. The predicted octanol–water partition coefficient (Wildman–Crippen LogP) is 5.46. The smallest absolute Gasteiger partial charge is 0.348 e. The summed E-state index contributed by atoms with van der Waals surface area (Å²) in [4.78, 5) is 12.5. The largest absolute Gasteiger partial charge is 0.423 e. The number of esters is 1. The first-order valence-corrected chi connectivity index (χ1v) is 10.3. The number of carbonyl (C=O) groups excluding carboxylic acids is 1. The summed E-state index contributed by atoms with van der Waals surface area (Å²) >= 11 is 0. The Morgan fingerprint density at radius 1 is 0.767 bits per heavy atom. The summed E-state index contributed by atoms with van der Waals surface area (Å²) in [7, 11) is 0. The van der Waals surface area contributed by atoms with Crippen molar-refractivity contribution < 1.29 is 14.6 Å². The molecule has 30 heavy (non-hydrogen) atoms. The molecule has 3 heteroatoms. The highest BCUT2D eigenvalue weighted by Gasteiger charge is 2.47. The fraction of sp³-hybridized carbons (Fsp3) is 0.296. The van der Waals surface area contributed by atoms with Gasteiger partial charge in [0.1, 0.15) is 5.75 Å². The van der Waals surface area contributed by atoms with Gasteiger partial charge in [-0.25, -0.2) is 4.79 Å². The maximum atomic E-state index is 12.5. The van der Waals surface area contributed by atoms with Gasteiger partial charge in [-0.1, -0.05) is 94.4 Å². The average Bonchev–Trinajstić information content (AvgIpc) is 2.97. The minimum absolute atomic E-state index is 0.320. The molecule has 1 unspecified atom stereocenters. The molecule has 0 spiro atoms. The zero-order chi connectivity index (χ0) is 21.7. The zero-order valence-corrected chi connectivity index (χ0v) is 18.2. The first kappa shape index (κ1) is 20.4. The SMILES string of the molecule is CC1(O)C(=O)Oc2c1cc(C(C)(C)c1ccccc1)cc2C(C)(C)c1ccccc1. The van der Waals surface area contributed by atoms with Gasteiger partial charge in [0, 0.05) is 22.0 Å². The molecule has 0 saturated carbocycles. The second-order valence-corrected chi connectivity index (χ2v) is 9.34. The summed E-state index contributed by atoms with van der Waals surface area (Å²) in [5, 5.41) is 11.0. The van der Waals surface area contributed by atoms with Gasteiger partial charge in [0.05, 0.1) is 0 Å². The highest BCUT2D eigenvalue weighted by Crippen LogP contribution is 2.49. The summed E-state index contributed by atoms with van der Waals surface area (Å²) < 4.78 is 5.65. The van der Waals surface area contributed by atoms with Gasteiger partial charge in [0.15, 0.2) is 5.60 Å². The molecule has 3 nitrogen and oxygen atoms in total. The first-order valence-electron chi connectivity index (χ1n) is 10.3. The van der Waals surface area contributed by atoms with Crippen LogP contribution in [0.15, 0.2) is 72.8 Å². The topological polar surface area (TPSA) is 46.5 Å². The van der Waals surface area contributed by atoms with Crippen LogP contribution in [0.1, 0.15) is 62.4 Å². The highest BCUT2D eigenvalue weighted by atomic mass is 16.6. The number of hydrogen-bond acceptors (Lipinski definition) is 3. The van der Waals surface area contributed by atoms with Crippen molar-refractivity contribution in [2.75, 3.05) is 0 Å². The second kappa shape index (κ2) is 6.82. The third-order valence-electron chi connectivity index (χ3n) is 6.59. The van der Waals surface area contributed by atoms with Crippen molar-refractivity contribution in [2.24, 2.45) is 0 Å². The van der Waals surface area contributed by atoms with Crippen LogP contribution in [0.4, 0.5) is 0 Å². The Hall–Kier alpha value is -2.91. The van der Waals surface area contributed by atoms with E-state index >= 15 is 0 Å². The van der Waals surface area contributed by atoms with Crippen LogP contribution in [0.3, 0.4) is 0 Å². The number of ether oxygens (including phenoxy) is 1. The van der Waals surface area contributed by atoms with Crippen LogP contribution in [0.5, 0.6) is 5.75 Å². The summed E-state index contributed by atoms with van der Waals surface area (Å²) in [5.41, 5.74) is 2.34. The van der Waals surface area contributed by atoms with Gasteiger partial charge in [0.25, 0.3) is 0 Å². The number of fused-ring (bicyclic) bond motifs is 1. The van der Waals surface area contributed by atoms with Gasteiger partial charge < -0.3 is 9.84 Å². The maximum Gasteiger partial charge on any atom is 0.348 e. The van der Waals surface area contributed by atoms with Gasteiger partial charge >= 0.3 is 5.97 Å². The Labute approximate surface area is 178 Å². The van der Waals surface area contributed by atoms with Crippen LogP contribution in [0.25, 0.3) is 0 Å². The Morgan fingerprint density at radius 2 is 1.27 bits per heavy atom. The summed E-state index contributed by atoms with van der Waals surface area (Å²) in [5.74, 6) is -0.149. The molecule has 1 N–H and O–H groups in total. The first-order chi connectivity index (χ1) is 14.1. The lowest BCUT2D eigenvalue weighted by Gasteiger charge is -2.32. The number of hydrogen-bond donors (Lipinski definition) is 1. The summed E-state index contributed by atoms with van der Waals surface area (Å²) in [6.07, 6.45) is 0. The molecule has 4 rings (SSSR count). The molecule has 0 bridgehead atoms. The molecule has 0 fully saturated rings. The van der Waals surface area contributed by atoms with Gasteiger partial charge in [-0.2, -0.15) is 0 Å². The Kier molecular flexibility index (Phi) is 4.63. The van der Waals surface area contributed by atoms with Crippen molar-refractivity contribution in [1.82, 2.24) is 0 Å². The number of aliphatic hydroxyl groups is 1. The van der Waals surface area contributed by atoms with E-state index in [4.69, 9.17) is 4.74 Å². The number of benzene rings is 3. The third-order valence-corrected chi connectivity index (χ3v) is 6.59. The number of rotatable bonds is 4. The van der Waals surface area contributed by atoms with E-state index in [1.165, 1.54) is 12.5 Å². The Bertz CT molecular complexity index is 1090. The van der Waals surface area contributed by atoms with E-state index in [1.54, 1.807) is 0 Å². The van der Waals surface area contributed by atoms with E-state index in [-0.39, 0.29) is 5.41 Å². The Morgan fingerprint density at radius 3 is 1.80 bits per heavy atom. The lowest BCUT2D eigenvalue weighted by Crippen LogP contribution is -2.29. The average molecular weight is 401 g/mol. The molecule has 1 aliphatic heterocycles. The van der Waals surface area contributed by atoms with E-state index in [9.17, 15) is 9.90 Å². The van der Waals surface area contributed by atoms with Gasteiger partial charge in [0.2, 0.25) is 0 Å². The van der Waals surface area contributed by atoms with E-state index in [0.717, 1.165) is 16.7 Å². The highest BCUT2D eigenvalue weighted by molar-refractivity contribution is 5.89. The molecule has 0 aromatic heterocycles. The predicted molar refractivity (Wildman–Crippen MR) is 119 cm³/mol. The van der Waals surface area contributed by atoms with Crippen LogP contribution in [-0.2, 0) is 21.2 Å². The van der Waals surface area contributed by atoms with Gasteiger partial charge in [-0.3, -0.25) is 0 Å². The lowest BCUT2D eigenvalue weighted by molar-refractivity contribution is -0.150. The molecule has 0 amide bonds. The standard InChI is InChI=1S/C27H28O3/c1-25(2,18-12-8-6-9-13-18)20-16-21(26(3,4)19-14-10-7-11-15-19)23-22(17-20)27(5,29)24(28)30-23/h6-17,29H,1-5H3. The molecular formula is C27H28O3. The normalized spacial score (nSPS) is 18.8. The van der Waals surface area contributed by atoms with Gasteiger partial charge in [-0.15, -0.1) is 0 Å². The quantitative estimate of drug-likeness (QED) is 0.467. The van der Waals surface area contributed by atoms with Crippen molar-refractivity contribution in [3.05, 3.63) is 101 Å². The van der Waals surface area contributed by atoms with Crippen molar-refractivity contribution in [1.29, 1.82) is 0 Å². The van der Waals surface area contributed by atoms with Crippen molar-refractivity contribution in [3.8, 4) is 5.75 Å². The summed E-state index contributed by atoms with van der Waals surface area (Å²) in [6, 6.07) is 24.5. The molecule has 0 aliphatic carbocycles. The molecule has 1 atom stereocenters. The molecular weight excluding hydrogens is 372 g/mol. The Balaban J connectivity index is 1.99. The third kappa shape index (κ3) is 3.05. The maximum absolute atomic E-state index is 12.5. The van der Waals surface area contributed by atoms with E-state index in [1.807, 2.05) is 42.5 Å². The van der Waals surface area contributed by atoms with Crippen LogP contribution in [0.2, 0.25) is 0 Å². The molecule has 1 heterocycles. The van der Waals surface area contributed by atoms with Crippen molar-refractivity contribution in [3.63, 3.8) is 0 Å². The van der Waals surface area contributed by atoms with Crippen LogP contribution < -0.4 is 4.74 Å². The summed E-state index contributed by atoms with van der Waals surface area (Å²) in [6.45, 7) is 10.1. The monoisotopic (exact) mass is 400 g/mol. The number of carbonyl (C=O) groups is 1. The van der Waals surface area contributed by atoms with E-state index in [2.05, 4.69) is 58.0 Å². The van der Waals surface area contributed by atoms with Crippen LogP contribution >= 0.6 is 0 Å². The van der Waals surface area contributed by atoms with Gasteiger partial charge in [-0.05, 0) is 29.7 Å². The van der Waals surface area contributed by atoms with Crippen molar-refractivity contribution in [2.45, 2.75) is 51.0 Å². The minimum Gasteiger partial charge on any atom is -0.423 e. The molecule has 0 radical (unpaired) electrons. The molecule has 3 aromatic rings. The van der Waals surface area contributed by atoms with Crippen LogP contribution in [-0.4, -0.2) is 11.1 Å². The lowest BCUT2D eigenvalue weighted by atomic mass is 9.71. The fourth-order valence-electron chi connectivity index (χ4n) is 4.26. The molecule has 154 valence electrons. The van der Waals surface area contributed by atoms with E-state index in [0.29, 0.717) is 11.3 Å².